The maximum Gasteiger partial charge on any atom is 0.490 e. The Hall–Kier alpha value is -2.51. The van der Waals surface area contributed by atoms with E-state index in [0.29, 0.717) is 19.5 Å². The SMILES string of the molecule is O=C(O)C(F)(F)F.O=C1C[C@H]2[C@H](CCN2CC(O)CO)N1Cc1ccc(OC(F)F)cc1. The molecule has 2 saturated heterocycles. The van der Waals surface area contributed by atoms with Crippen LogP contribution in [0.15, 0.2) is 24.3 Å². The van der Waals surface area contributed by atoms with Crippen molar-refractivity contribution in [2.45, 2.75) is 50.4 Å². The Bertz CT molecular complexity index is 776. The van der Waals surface area contributed by atoms with Crippen LogP contribution < -0.4 is 4.74 Å². The minimum atomic E-state index is -5.08. The van der Waals surface area contributed by atoms with Gasteiger partial charge >= 0.3 is 18.8 Å². The number of likely N-dealkylation sites (tertiary alicyclic amines) is 2. The summed E-state index contributed by atoms with van der Waals surface area (Å²) in [5.41, 5.74) is 0.851. The summed E-state index contributed by atoms with van der Waals surface area (Å²) in [5.74, 6) is -2.62. The number of hydrogen-bond acceptors (Lipinski definition) is 6. The number of amides is 1. The Morgan fingerprint density at radius 3 is 2.28 bits per heavy atom. The number of benzene rings is 1. The predicted octanol–water partition coefficient (Wildman–Crippen LogP) is 1.45. The molecule has 32 heavy (non-hydrogen) atoms. The molecule has 2 fully saturated rings. The quantitative estimate of drug-likeness (QED) is 0.518. The largest absolute Gasteiger partial charge is 0.490 e. The first kappa shape index (κ1) is 25.7. The van der Waals surface area contributed by atoms with E-state index in [0.717, 1.165) is 18.5 Å². The van der Waals surface area contributed by atoms with E-state index < -0.39 is 24.9 Å². The third-order valence-corrected chi connectivity index (χ3v) is 5.13. The van der Waals surface area contributed by atoms with Gasteiger partial charge in [0.05, 0.1) is 12.7 Å². The third-order valence-electron chi connectivity index (χ3n) is 5.13. The molecule has 0 aliphatic carbocycles. The van der Waals surface area contributed by atoms with Crippen molar-refractivity contribution in [2.24, 2.45) is 0 Å². The van der Waals surface area contributed by atoms with E-state index in [4.69, 9.17) is 15.0 Å². The van der Waals surface area contributed by atoms with E-state index in [-0.39, 0.29) is 30.3 Å². The topological polar surface area (TPSA) is 111 Å². The van der Waals surface area contributed by atoms with Gasteiger partial charge in [-0.3, -0.25) is 9.69 Å². The van der Waals surface area contributed by atoms with Crippen molar-refractivity contribution in [1.82, 2.24) is 9.80 Å². The number of halogens is 5. The van der Waals surface area contributed by atoms with Gasteiger partial charge < -0.3 is 25.0 Å². The van der Waals surface area contributed by atoms with Gasteiger partial charge in [-0.05, 0) is 24.1 Å². The Morgan fingerprint density at radius 2 is 1.78 bits per heavy atom. The first-order valence-electron chi connectivity index (χ1n) is 9.58. The van der Waals surface area contributed by atoms with Gasteiger partial charge in [0.2, 0.25) is 5.91 Å². The molecule has 0 spiro atoms. The van der Waals surface area contributed by atoms with Crippen LogP contribution in [0.2, 0.25) is 0 Å². The van der Waals surface area contributed by atoms with Crippen LogP contribution in [0.3, 0.4) is 0 Å². The summed E-state index contributed by atoms with van der Waals surface area (Å²) in [6.45, 7) is -1.59. The molecule has 2 aliphatic heterocycles. The van der Waals surface area contributed by atoms with Crippen molar-refractivity contribution < 1.29 is 51.6 Å². The number of carbonyl (C=O) groups is 2. The van der Waals surface area contributed by atoms with Gasteiger partial charge in [-0.2, -0.15) is 22.0 Å². The number of carbonyl (C=O) groups excluding carboxylic acids is 1. The summed E-state index contributed by atoms with van der Waals surface area (Å²) in [6.07, 6.45) is -4.67. The first-order valence-corrected chi connectivity index (χ1v) is 9.58. The molecule has 8 nitrogen and oxygen atoms in total. The number of aliphatic carboxylic acids is 1. The number of carboxylic acids is 1. The van der Waals surface area contributed by atoms with Crippen LogP contribution in [0.4, 0.5) is 22.0 Å². The van der Waals surface area contributed by atoms with Crippen molar-refractivity contribution in [2.75, 3.05) is 19.7 Å². The molecule has 180 valence electrons. The molecule has 0 bridgehead atoms. The fourth-order valence-corrected chi connectivity index (χ4v) is 3.74. The van der Waals surface area contributed by atoms with E-state index >= 15 is 0 Å². The number of rotatable bonds is 7. The van der Waals surface area contributed by atoms with Crippen molar-refractivity contribution in [1.29, 1.82) is 0 Å². The van der Waals surface area contributed by atoms with Gasteiger partial charge in [0, 0.05) is 38.1 Å². The number of β-amino-alcohol motifs (C(OH)–C–C–N with tert-alkyl or cyclic N) is 1. The number of ether oxygens (including phenoxy) is 1. The molecule has 3 atom stereocenters. The maximum atomic E-state index is 12.4. The number of carboxylic acid groups (broad SMARTS) is 1. The Morgan fingerprint density at radius 1 is 1.19 bits per heavy atom. The van der Waals surface area contributed by atoms with E-state index in [2.05, 4.69) is 9.64 Å². The van der Waals surface area contributed by atoms with Gasteiger partial charge in [0.25, 0.3) is 0 Å². The minimum Gasteiger partial charge on any atom is -0.475 e. The highest BCUT2D eigenvalue weighted by Gasteiger charge is 2.46. The molecular weight excluding hydrogens is 447 g/mol. The highest BCUT2D eigenvalue weighted by atomic mass is 19.4. The molecule has 1 unspecified atom stereocenters. The molecule has 1 aromatic carbocycles. The van der Waals surface area contributed by atoms with Gasteiger partial charge in [-0.15, -0.1) is 0 Å². The van der Waals surface area contributed by atoms with Crippen LogP contribution in [0.25, 0.3) is 0 Å². The number of aliphatic hydroxyl groups is 2. The maximum absolute atomic E-state index is 12.4. The van der Waals surface area contributed by atoms with Gasteiger partial charge in [-0.1, -0.05) is 12.1 Å². The normalized spacial score (nSPS) is 21.9. The van der Waals surface area contributed by atoms with Gasteiger partial charge in [0.1, 0.15) is 5.75 Å². The van der Waals surface area contributed by atoms with E-state index in [1.807, 2.05) is 4.90 Å². The highest BCUT2D eigenvalue weighted by Crippen LogP contribution is 2.33. The molecule has 13 heteroatoms. The number of fused-ring (bicyclic) bond motifs is 1. The second-order valence-electron chi connectivity index (χ2n) is 7.31. The molecule has 1 aromatic rings. The van der Waals surface area contributed by atoms with Crippen LogP contribution in [-0.4, -0.2) is 87.7 Å². The highest BCUT2D eigenvalue weighted by molar-refractivity contribution is 5.80. The molecule has 1 amide bonds. The first-order chi connectivity index (χ1) is 14.9. The Labute approximate surface area is 179 Å². The zero-order valence-corrected chi connectivity index (χ0v) is 16.7. The summed E-state index contributed by atoms with van der Waals surface area (Å²) in [6, 6.07) is 6.43. The van der Waals surface area contributed by atoms with Gasteiger partial charge in [-0.25, -0.2) is 4.79 Å². The van der Waals surface area contributed by atoms with E-state index in [1.165, 1.54) is 12.1 Å². The lowest BCUT2D eigenvalue weighted by molar-refractivity contribution is -0.192. The second kappa shape index (κ2) is 10.9. The third kappa shape index (κ3) is 7.00. The predicted molar refractivity (Wildman–Crippen MR) is 98.8 cm³/mol. The summed E-state index contributed by atoms with van der Waals surface area (Å²) in [5, 5.41) is 25.8. The smallest absolute Gasteiger partial charge is 0.475 e. The van der Waals surface area contributed by atoms with Crippen molar-refractivity contribution >= 4 is 11.9 Å². The average Bonchev–Trinajstić information content (AvgIpc) is 3.22. The molecule has 2 aliphatic rings. The van der Waals surface area contributed by atoms with E-state index in [1.54, 1.807) is 12.1 Å². The van der Waals surface area contributed by atoms with Crippen molar-refractivity contribution in [3.63, 3.8) is 0 Å². The Balaban J connectivity index is 0.000000451. The van der Waals surface area contributed by atoms with Crippen molar-refractivity contribution in [3.05, 3.63) is 29.8 Å². The zero-order chi connectivity index (χ0) is 24.1. The van der Waals surface area contributed by atoms with Crippen LogP contribution >= 0.6 is 0 Å². The number of nitrogens with zero attached hydrogens (tertiary/aromatic N) is 2. The van der Waals surface area contributed by atoms with Gasteiger partial charge in [0.15, 0.2) is 0 Å². The fourth-order valence-electron chi connectivity index (χ4n) is 3.74. The van der Waals surface area contributed by atoms with Crippen LogP contribution in [0.1, 0.15) is 18.4 Å². The number of aliphatic hydroxyl groups excluding tert-OH is 2. The molecule has 0 radical (unpaired) electrons. The lowest BCUT2D eigenvalue weighted by Crippen LogP contribution is -2.40. The van der Waals surface area contributed by atoms with Crippen LogP contribution in [-0.2, 0) is 16.1 Å². The van der Waals surface area contributed by atoms with Crippen molar-refractivity contribution in [3.8, 4) is 5.75 Å². The lowest BCUT2D eigenvalue weighted by Gasteiger charge is -2.26. The lowest BCUT2D eigenvalue weighted by atomic mass is 10.1. The summed E-state index contributed by atoms with van der Waals surface area (Å²) in [7, 11) is 0. The summed E-state index contributed by atoms with van der Waals surface area (Å²) >= 11 is 0. The fraction of sp³-hybridized carbons (Fsp3) is 0.579. The molecule has 3 N–H and O–H groups in total. The molecule has 0 saturated carbocycles. The summed E-state index contributed by atoms with van der Waals surface area (Å²) in [4.78, 5) is 25.1. The summed E-state index contributed by atoms with van der Waals surface area (Å²) < 4.78 is 60.4. The molecule has 0 aromatic heterocycles. The average molecular weight is 470 g/mol. The monoisotopic (exact) mass is 470 g/mol. The molecule has 3 rings (SSSR count). The zero-order valence-electron chi connectivity index (χ0n) is 16.7. The number of alkyl halides is 5. The Kier molecular flexibility index (Phi) is 8.75. The molecule has 2 heterocycles. The minimum absolute atomic E-state index is 0.0473. The van der Waals surface area contributed by atoms with E-state index in [9.17, 15) is 31.9 Å². The van der Waals surface area contributed by atoms with Crippen LogP contribution in [0, 0.1) is 0 Å². The molecular formula is C19H23F5N2O6. The standard InChI is InChI=1S/C17H22F2N2O4.C2HF3O2/c18-17(19)25-13-3-1-11(2-4-13)8-21-14-5-6-20(9-12(23)10-22)15(14)7-16(21)24;3-2(4,5)1(6)7/h1-4,12,14-15,17,22-23H,5-10H2;(H,6,7)/t12?,14-,15-;/m0./s1. The number of hydrogen-bond donors (Lipinski definition) is 3. The second-order valence-corrected chi connectivity index (χ2v) is 7.31. The van der Waals surface area contributed by atoms with Crippen LogP contribution in [0.5, 0.6) is 5.75 Å².